The van der Waals surface area contributed by atoms with Crippen LogP contribution in [0.3, 0.4) is 0 Å². The van der Waals surface area contributed by atoms with Crippen molar-refractivity contribution in [2.45, 2.75) is 38.3 Å². The summed E-state index contributed by atoms with van der Waals surface area (Å²) < 4.78 is 0. The number of hydrogen-bond acceptors (Lipinski definition) is 5. The van der Waals surface area contributed by atoms with Crippen LogP contribution in [0.15, 0.2) is 24.5 Å². The number of nitrogens with zero attached hydrogens (tertiary/aromatic N) is 3. The van der Waals surface area contributed by atoms with Gasteiger partial charge < -0.3 is 15.3 Å². The molecule has 0 aliphatic carbocycles. The van der Waals surface area contributed by atoms with E-state index in [1.54, 1.807) is 19.4 Å². The predicted molar refractivity (Wildman–Crippen MR) is 94.5 cm³/mol. The van der Waals surface area contributed by atoms with Gasteiger partial charge in [0.25, 0.3) is 0 Å². The lowest BCUT2D eigenvalue weighted by Gasteiger charge is -2.33. The fourth-order valence-corrected chi connectivity index (χ4v) is 3.29. The minimum absolute atomic E-state index is 0.117. The smallest absolute Gasteiger partial charge is 0.236 e. The quantitative estimate of drug-likeness (QED) is 0.774. The third-order valence-corrected chi connectivity index (χ3v) is 4.72. The van der Waals surface area contributed by atoms with Gasteiger partial charge in [-0.1, -0.05) is 6.92 Å². The molecule has 1 aromatic heterocycles. The van der Waals surface area contributed by atoms with Crippen molar-refractivity contribution in [3.05, 3.63) is 30.1 Å². The molecule has 1 unspecified atom stereocenters. The molecule has 1 saturated heterocycles. The van der Waals surface area contributed by atoms with Gasteiger partial charge in [-0.3, -0.25) is 14.7 Å². The summed E-state index contributed by atoms with van der Waals surface area (Å²) in [5.74, 6) is 0.117. The predicted octanol–water partition coefficient (Wildman–Crippen LogP) is 0.867. The third-order valence-electron chi connectivity index (χ3n) is 4.72. The Bertz CT molecular complexity index is 511. The molecule has 1 fully saturated rings. The van der Waals surface area contributed by atoms with Crippen molar-refractivity contribution in [3.63, 3.8) is 0 Å². The minimum Gasteiger partial charge on any atom is -0.388 e. The van der Waals surface area contributed by atoms with E-state index in [0.29, 0.717) is 26.1 Å². The number of aliphatic hydroxyl groups is 1. The Morgan fingerprint density at radius 3 is 2.79 bits per heavy atom. The Hall–Kier alpha value is -1.50. The highest BCUT2D eigenvalue weighted by Crippen LogP contribution is 2.24. The standard InChI is InChI=1S/C18H30N4O2/c1-3-21(14-16-5-9-20-10-6-16)15-18(24)7-4-11-22(12-8-18)17(23)13-19-2/h5-6,9-10,19,24H,3-4,7-8,11-15H2,1-2H3. The van der Waals surface area contributed by atoms with E-state index in [-0.39, 0.29) is 5.91 Å². The first-order valence-electron chi connectivity index (χ1n) is 8.82. The van der Waals surface area contributed by atoms with Crippen molar-refractivity contribution in [1.29, 1.82) is 0 Å². The summed E-state index contributed by atoms with van der Waals surface area (Å²) in [4.78, 5) is 20.2. The lowest BCUT2D eigenvalue weighted by molar-refractivity contribution is -0.130. The van der Waals surface area contributed by atoms with Crippen LogP contribution >= 0.6 is 0 Å². The number of likely N-dealkylation sites (N-methyl/N-ethyl adjacent to an activating group) is 2. The number of aromatic nitrogens is 1. The number of hydrogen-bond donors (Lipinski definition) is 2. The largest absolute Gasteiger partial charge is 0.388 e. The van der Waals surface area contributed by atoms with Gasteiger partial charge in [-0.2, -0.15) is 0 Å². The number of rotatable bonds is 7. The minimum atomic E-state index is -0.724. The molecule has 0 saturated carbocycles. The van der Waals surface area contributed by atoms with E-state index in [2.05, 4.69) is 22.1 Å². The van der Waals surface area contributed by atoms with Gasteiger partial charge in [0.15, 0.2) is 0 Å². The van der Waals surface area contributed by atoms with Gasteiger partial charge in [-0.25, -0.2) is 0 Å². The van der Waals surface area contributed by atoms with Crippen molar-refractivity contribution in [2.75, 3.05) is 39.8 Å². The van der Waals surface area contributed by atoms with Crippen LogP contribution in [0.2, 0.25) is 0 Å². The first-order chi connectivity index (χ1) is 11.6. The number of carbonyl (C=O) groups excluding carboxylic acids is 1. The molecule has 1 atom stereocenters. The highest BCUT2D eigenvalue weighted by Gasteiger charge is 2.32. The van der Waals surface area contributed by atoms with Gasteiger partial charge in [0.05, 0.1) is 12.1 Å². The molecule has 6 heteroatoms. The second-order valence-electron chi connectivity index (χ2n) is 6.65. The molecule has 1 amide bonds. The van der Waals surface area contributed by atoms with Crippen LogP contribution in [0.5, 0.6) is 0 Å². The summed E-state index contributed by atoms with van der Waals surface area (Å²) in [5, 5.41) is 14.0. The number of nitrogens with one attached hydrogen (secondary N) is 1. The van der Waals surface area contributed by atoms with E-state index in [1.165, 1.54) is 5.56 Å². The summed E-state index contributed by atoms with van der Waals surface area (Å²) in [6.45, 7) is 6.17. The van der Waals surface area contributed by atoms with Crippen LogP contribution < -0.4 is 5.32 Å². The summed E-state index contributed by atoms with van der Waals surface area (Å²) in [7, 11) is 1.78. The first-order valence-corrected chi connectivity index (χ1v) is 8.82. The van der Waals surface area contributed by atoms with Crippen LogP contribution in [0.1, 0.15) is 31.7 Å². The van der Waals surface area contributed by atoms with Crippen molar-refractivity contribution in [1.82, 2.24) is 20.1 Å². The summed E-state index contributed by atoms with van der Waals surface area (Å²) in [6, 6.07) is 4.02. The van der Waals surface area contributed by atoms with Gasteiger partial charge in [0.1, 0.15) is 0 Å². The lowest BCUT2D eigenvalue weighted by Crippen LogP contribution is -2.44. The van der Waals surface area contributed by atoms with Crippen molar-refractivity contribution < 1.29 is 9.90 Å². The molecule has 0 aromatic carbocycles. The zero-order valence-corrected chi connectivity index (χ0v) is 14.9. The summed E-state index contributed by atoms with van der Waals surface area (Å²) in [6.07, 6.45) is 5.82. The van der Waals surface area contributed by atoms with E-state index in [9.17, 15) is 9.90 Å². The molecule has 0 spiro atoms. The molecule has 24 heavy (non-hydrogen) atoms. The van der Waals surface area contributed by atoms with E-state index in [1.807, 2.05) is 17.0 Å². The molecule has 2 rings (SSSR count). The topological polar surface area (TPSA) is 68.7 Å². The third kappa shape index (κ3) is 5.54. The maximum atomic E-state index is 12.0. The summed E-state index contributed by atoms with van der Waals surface area (Å²) >= 11 is 0. The van der Waals surface area contributed by atoms with Gasteiger partial charge >= 0.3 is 0 Å². The lowest BCUT2D eigenvalue weighted by atomic mass is 9.94. The highest BCUT2D eigenvalue weighted by atomic mass is 16.3. The van der Waals surface area contributed by atoms with Gasteiger partial charge in [-0.05, 0) is 50.6 Å². The first kappa shape index (κ1) is 18.8. The molecule has 1 aliphatic rings. The van der Waals surface area contributed by atoms with Crippen LogP contribution in [0.25, 0.3) is 0 Å². The normalized spacial score (nSPS) is 21.8. The van der Waals surface area contributed by atoms with Crippen LogP contribution in [-0.4, -0.2) is 71.2 Å². The molecule has 1 aliphatic heterocycles. The molecular formula is C18H30N4O2. The van der Waals surface area contributed by atoms with Crippen LogP contribution in [-0.2, 0) is 11.3 Å². The molecule has 134 valence electrons. The Labute approximate surface area is 144 Å². The SMILES string of the molecule is CCN(Cc1ccncc1)CC1(O)CCCN(C(=O)CNC)CC1. The molecule has 2 N–H and O–H groups in total. The monoisotopic (exact) mass is 334 g/mol. The number of likely N-dealkylation sites (tertiary alicyclic amines) is 1. The Kier molecular flexibility index (Phi) is 7.15. The molecule has 0 radical (unpaired) electrons. The van der Waals surface area contributed by atoms with E-state index < -0.39 is 5.60 Å². The van der Waals surface area contributed by atoms with Gasteiger partial charge in [0.2, 0.25) is 5.91 Å². The Morgan fingerprint density at radius 2 is 2.12 bits per heavy atom. The maximum absolute atomic E-state index is 12.0. The van der Waals surface area contributed by atoms with Crippen LogP contribution in [0, 0.1) is 0 Å². The Balaban J connectivity index is 1.93. The fourth-order valence-electron chi connectivity index (χ4n) is 3.29. The summed E-state index contributed by atoms with van der Waals surface area (Å²) in [5.41, 5.74) is 0.479. The number of amides is 1. The van der Waals surface area contributed by atoms with E-state index >= 15 is 0 Å². The average molecular weight is 334 g/mol. The van der Waals surface area contributed by atoms with Gasteiger partial charge in [-0.15, -0.1) is 0 Å². The molecule has 0 bridgehead atoms. The molecule has 6 nitrogen and oxygen atoms in total. The van der Waals surface area contributed by atoms with Crippen molar-refractivity contribution in [3.8, 4) is 0 Å². The molecular weight excluding hydrogens is 304 g/mol. The molecule has 1 aromatic rings. The van der Waals surface area contributed by atoms with E-state index in [4.69, 9.17) is 0 Å². The zero-order chi connectivity index (χ0) is 17.4. The number of carbonyl (C=O) groups is 1. The zero-order valence-electron chi connectivity index (χ0n) is 14.9. The van der Waals surface area contributed by atoms with Crippen molar-refractivity contribution >= 4 is 5.91 Å². The second-order valence-corrected chi connectivity index (χ2v) is 6.65. The Morgan fingerprint density at radius 1 is 1.38 bits per heavy atom. The molecule has 2 heterocycles. The highest BCUT2D eigenvalue weighted by molar-refractivity contribution is 5.78. The fraction of sp³-hybridized carbons (Fsp3) is 0.667. The van der Waals surface area contributed by atoms with E-state index in [0.717, 1.165) is 32.5 Å². The van der Waals surface area contributed by atoms with Crippen molar-refractivity contribution in [2.24, 2.45) is 0 Å². The maximum Gasteiger partial charge on any atom is 0.236 e. The second kappa shape index (κ2) is 9.11. The number of pyridine rings is 1. The van der Waals surface area contributed by atoms with Crippen LogP contribution in [0.4, 0.5) is 0 Å². The van der Waals surface area contributed by atoms with Gasteiger partial charge in [0, 0.05) is 38.6 Å². The average Bonchev–Trinajstić information content (AvgIpc) is 2.77.